The molecule has 1 aromatic carbocycles. The van der Waals surface area contributed by atoms with E-state index in [1.54, 1.807) is 0 Å². The number of ketones is 1. The van der Waals surface area contributed by atoms with Gasteiger partial charge in [0.15, 0.2) is 10.5 Å². The van der Waals surface area contributed by atoms with Gasteiger partial charge in [0.05, 0.1) is 17.4 Å². The summed E-state index contributed by atoms with van der Waals surface area (Å²) in [5.74, 6) is -0.972. The second kappa shape index (κ2) is 4.51. The smallest absolute Gasteiger partial charge is 0.200 e. The minimum absolute atomic E-state index is 0.0106. The van der Waals surface area contributed by atoms with Gasteiger partial charge in [-0.1, -0.05) is 15.9 Å². The molecule has 0 fully saturated rings. The van der Waals surface area contributed by atoms with Gasteiger partial charge in [-0.2, -0.15) is 0 Å². The molecule has 16 heavy (non-hydrogen) atoms. The van der Waals surface area contributed by atoms with E-state index in [2.05, 4.69) is 31.9 Å². The van der Waals surface area contributed by atoms with Crippen LogP contribution in [0.2, 0.25) is 0 Å². The summed E-state index contributed by atoms with van der Waals surface area (Å²) in [5.41, 5.74) is 0.313. The first-order valence-electron chi connectivity index (χ1n) is 4.32. The Balaban J connectivity index is 2.49. The molecule has 0 aliphatic heterocycles. The molecule has 5 heteroatoms. The highest BCUT2D eigenvalue weighted by Gasteiger charge is 2.18. The van der Waals surface area contributed by atoms with Crippen LogP contribution in [-0.4, -0.2) is 5.78 Å². The number of hydrogen-bond donors (Lipinski definition) is 0. The molecule has 1 heterocycles. The van der Waals surface area contributed by atoms with Crippen LogP contribution in [0.3, 0.4) is 0 Å². The second-order valence-electron chi connectivity index (χ2n) is 3.06. The number of rotatable bonds is 2. The Morgan fingerprint density at radius 1 is 1.19 bits per heavy atom. The SMILES string of the molecule is O=C(c1cc(Br)ccc1F)c1ccoc1Br. The molecule has 82 valence electrons. The number of carbonyl (C=O) groups is 1. The Bertz CT molecular complexity index is 549. The molecule has 0 saturated heterocycles. The van der Waals surface area contributed by atoms with Crippen LogP contribution in [0, 0.1) is 5.82 Å². The van der Waals surface area contributed by atoms with E-state index in [4.69, 9.17) is 4.42 Å². The summed E-state index contributed by atoms with van der Waals surface area (Å²) in [6.45, 7) is 0. The Morgan fingerprint density at radius 3 is 2.56 bits per heavy atom. The molecule has 0 spiro atoms. The van der Waals surface area contributed by atoms with Gasteiger partial charge in [0.25, 0.3) is 0 Å². The van der Waals surface area contributed by atoms with Gasteiger partial charge >= 0.3 is 0 Å². The van der Waals surface area contributed by atoms with Crippen LogP contribution in [0.25, 0.3) is 0 Å². The van der Waals surface area contributed by atoms with Gasteiger partial charge in [-0.25, -0.2) is 4.39 Å². The summed E-state index contributed by atoms with van der Waals surface area (Å²) in [4.78, 5) is 12.0. The number of carbonyl (C=O) groups excluding carboxylic acids is 1. The maximum Gasteiger partial charge on any atom is 0.200 e. The van der Waals surface area contributed by atoms with Crippen LogP contribution in [-0.2, 0) is 0 Å². The van der Waals surface area contributed by atoms with Gasteiger partial charge in [-0.05, 0) is 40.2 Å². The summed E-state index contributed by atoms with van der Waals surface area (Å²) in [7, 11) is 0. The van der Waals surface area contributed by atoms with Crippen molar-refractivity contribution in [1.82, 2.24) is 0 Å². The Kier molecular flexibility index (Phi) is 3.25. The van der Waals surface area contributed by atoms with E-state index < -0.39 is 11.6 Å². The van der Waals surface area contributed by atoms with Crippen LogP contribution < -0.4 is 0 Å². The van der Waals surface area contributed by atoms with Gasteiger partial charge < -0.3 is 4.42 Å². The van der Waals surface area contributed by atoms with Gasteiger partial charge in [0.2, 0.25) is 0 Å². The largest absolute Gasteiger partial charge is 0.457 e. The van der Waals surface area contributed by atoms with E-state index in [9.17, 15) is 9.18 Å². The van der Waals surface area contributed by atoms with Crippen LogP contribution in [0.1, 0.15) is 15.9 Å². The molecule has 2 aromatic rings. The van der Waals surface area contributed by atoms with Gasteiger partial charge in [0.1, 0.15) is 5.82 Å². The predicted molar refractivity (Wildman–Crippen MR) is 63.9 cm³/mol. The summed E-state index contributed by atoms with van der Waals surface area (Å²) >= 11 is 6.28. The van der Waals surface area contributed by atoms with Gasteiger partial charge in [0, 0.05) is 4.47 Å². The molecule has 0 atom stereocenters. The van der Waals surface area contributed by atoms with Crippen LogP contribution in [0.5, 0.6) is 0 Å². The standard InChI is InChI=1S/C11H5Br2FO2/c12-6-1-2-9(14)8(5-6)10(15)7-3-4-16-11(7)13/h1-5H. The van der Waals surface area contributed by atoms with Crippen molar-refractivity contribution in [2.75, 3.05) is 0 Å². The van der Waals surface area contributed by atoms with Crippen LogP contribution in [0.15, 0.2) is 44.1 Å². The summed E-state index contributed by atoms with van der Waals surface area (Å²) in [6.07, 6.45) is 1.37. The van der Waals surface area contributed by atoms with E-state index in [-0.39, 0.29) is 5.56 Å². The lowest BCUT2D eigenvalue weighted by molar-refractivity contribution is 0.103. The van der Waals surface area contributed by atoms with E-state index in [0.717, 1.165) is 0 Å². The fourth-order valence-corrected chi connectivity index (χ4v) is 2.05. The van der Waals surface area contributed by atoms with E-state index in [1.165, 1.54) is 30.5 Å². The zero-order valence-corrected chi connectivity index (χ0v) is 11.0. The molecule has 0 aliphatic carbocycles. The summed E-state index contributed by atoms with van der Waals surface area (Å²) in [6, 6.07) is 5.71. The minimum atomic E-state index is -0.554. The lowest BCUT2D eigenvalue weighted by atomic mass is 10.1. The molecule has 1 aromatic heterocycles. The van der Waals surface area contributed by atoms with Crippen molar-refractivity contribution in [3.05, 3.63) is 56.6 Å². The second-order valence-corrected chi connectivity index (χ2v) is 4.70. The molecule has 0 N–H and O–H groups in total. The third-order valence-corrected chi connectivity index (χ3v) is 3.14. The third-order valence-electron chi connectivity index (χ3n) is 2.04. The maximum absolute atomic E-state index is 13.5. The van der Waals surface area contributed by atoms with Crippen molar-refractivity contribution < 1.29 is 13.6 Å². The lowest BCUT2D eigenvalue weighted by Crippen LogP contribution is -2.03. The average molecular weight is 348 g/mol. The Hall–Kier alpha value is -0.940. The molecular weight excluding hydrogens is 343 g/mol. The van der Waals surface area contributed by atoms with Crippen molar-refractivity contribution in [2.45, 2.75) is 0 Å². The molecule has 0 aliphatic rings. The normalized spacial score (nSPS) is 10.4. The lowest BCUT2D eigenvalue weighted by Gasteiger charge is -2.01. The highest BCUT2D eigenvalue weighted by Crippen LogP contribution is 2.24. The van der Waals surface area contributed by atoms with Gasteiger partial charge in [-0.15, -0.1) is 0 Å². The molecule has 0 unspecified atom stereocenters. The van der Waals surface area contributed by atoms with Crippen molar-refractivity contribution >= 4 is 37.6 Å². The molecule has 0 amide bonds. The molecular formula is C11H5Br2FO2. The molecule has 0 saturated carbocycles. The number of benzene rings is 1. The first-order chi connectivity index (χ1) is 7.59. The first kappa shape index (κ1) is 11.5. The monoisotopic (exact) mass is 346 g/mol. The summed E-state index contributed by atoms with van der Waals surface area (Å²) < 4.78 is 19.3. The van der Waals surface area contributed by atoms with Crippen molar-refractivity contribution in [3.8, 4) is 0 Å². The molecule has 0 radical (unpaired) electrons. The highest BCUT2D eigenvalue weighted by atomic mass is 79.9. The number of hydrogen-bond acceptors (Lipinski definition) is 2. The Labute approximate surface area is 108 Å². The van der Waals surface area contributed by atoms with E-state index >= 15 is 0 Å². The van der Waals surface area contributed by atoms with Crippen molar-refractivity contribution in [2.24, 2.45) is 0 Å². The number of furan rings is 1. The first-order valence-corrected chi connectivity index (χ1v) is 5.91. The van der Waals surface area contributed by atoms with Crippen LogP contribution in [0.4, 0.5) is 4.39 Å². The number of halogens is 3. The third kappa shape index (κ3) is 2.10. The maximum atomic E-state index is 13.5. The van der Waals surface area contributed by atoms with E-state index in [0.29, 0.717) is 14.7 Å². The van der Waals surface area contributed by atoms with E-state index in [1.807, 2.05) is 0 Å². The topological polar surface area (TPSA) is 30.2 Å². The average Bonchev–Trinajstić information content (AvgIpc) is 2.67. The fourth-order valence-electron chi connectivity index (χ4n) is 1.27. The molecule has 2 rings (SSSR count). The van der Waals surface area contributed by atoms with Crippen LogP contribution >= 0.6 is 31.9 Å². The highest BCUT2D eigenvalue weighted by molar-refractivity contribution is 9.10. The zero-order valence-electron chi connectivity index (χ0n) is 7.84. The van der Waals surface area contributed by atoms with Gasteiger partial charge in [-0.3, -0.25) is 4.79 Å². The predicted octanol–water partition coefficient (Wildman–Crippen LogP) is 4.17. The van der Waals surface area contributed by atoms with Crippen molar-refractivity contribution in [1.29, 1.82) is 0 Å². The zero-order chi connectivity index (χ0) is 11.7. The molecule has 0 bridgehead atoms. The fraction of sp³-hybridized carbons (Fsp3) is 0. The quantitative estimate of drug-likeness (QED) is 0.763. The molecule has 2 nitrogen and oxygen atoms in total. The Morgan fingerprint density at radius 2 is 1.94 bits per heavy atom. The van der Waals surface area contributed by atoms with Crippen molar-refractivity contribution in [3.63, 3.8) is 0 Å². The minimum Gasteiger partial charge on any atom is -0.457 e. The summed E-state index contributed by atoms with van der Waals surface area (Å²) in [5, 5.41) is 0.